The van der Waals surface area contributed by atoms with Crippen molar-refractivity contribution in [1.29, 1.82) is 0 Å². The maximum absolute atomic E-state index is 11.4. The molecular formula is C12H15NO4S. The van der Waals surface area contributed by atoms with Crippen LogP contribution in [0.4, 0.5) is 0 Å². The summed E-state index contributed by atoms with van der Waals surface area (Å²) in [5, 5.41) is 11.5. The van der Waals surface area contributed by atoms with Gasteiger partial charge in [0.05, 0.1) is 17.9 Å². The fourth-order valence-corrected chi connectivity index (χ4v) is 2.00. The molecular weight excluding hydrogens is 254 g/mol. The fourth-order valence-electron chi connectivity index (χ4n) is 1.21. The lowest BCUT2D eigenvalue weighted by Gasteiger charge is -2.05. The Bertz CT molecular complexity index is 422. The molecule has 0 aromatic heterocycles. The molecule has 0 saturated carbocycles. The number of carbonyl (C=O) groups excluding carboxylic acids is 1. The second-order valence-electron chi connectivity index (χ2n) is 3.46. The van der Waals surface area contributed by atoms with E-state index in [9.17, 15) is 9.59 Å². The average molecular weight is 269 g/mol. The number of carboxylic acid groups (broad SMARTS) is 1. The number of hydrogen-bond donors (Lipinski definition) is 2. The van der Waals surface area contributed by atoms with Gasteiger partial charge in [-0.25, -0.2) is 4.79 Å². The molecule has 2 N–H and O–H groups in total. The number of methoxy groups -OCH3 is 1. The maximum atomic E-state index is 11.4. The van der Waals surface area contributed by atoms with E-state index in [0.717, 1.165) is 4.90 Å². The van der Waals surface area contributed by atoms with Gasteiger partial charge >= 0.3 is 5.97 Å². The summed E-state index contributed by atoms with van der Waals surface area (Å²) in [6.45, 7) is 0.954. The number of rotatable bonds is 7. The van der Waals surface area contributed by atoms with Gasteiger partial charge in [0.2, 0.25) is 5.91 Å². The minimum atomic E-state index is -0.970. The smallest absolute Gasteiger partial charge is 0.335 e. The zero-order valence-corrected chi connectivity index (χ0v) is 10.8. The third-order valence-corrected chi connectivity index (χ3v) is 3.07. The molecule has 6 heteroatoms. The van der Waals surface area contributed by atoms with E-state index in [2.05, 4.69) is 5.32 Å². The zero-order chi connectivity index (χ0) is 13.4. The minimum absolute atomic E-state index is 0.0993. The molecule has 0 bridgehead atoms. The molecule has 0 spiro atoms. The summed E-state index contributed by atoms with van der Waals surface area (Å²) in [7, 11) is 1.57. The number of aromatic carboxylic acids is 1. The van der Waals surface area contributed by atoms with Crippen molar-refractivity contribution in [3.8, 4) is 0 Å². The van der Waals surface area contributed by atoms with Gasteiger partial charge in [-0.15, -0.1) is 11.8 Å². The van der Waals surface area contributed by atoms with Crippen molar-refractivity contribution in [2.75, 3.05) is 26.0 Å². The molecule has 18 heavy (non-hydrogen) atoms. The van der Waals surface area contributed by atoms with Crippen LogP contribution < -0.4 is 5.32 Å². The third kappa shape index (κ3) is 5.20. The van der Waals surface area contributed by atoms with Gasteiger partial charge < -0.3 is 15.2 Å². The molecule has 0 aliphatic heterocycles. The lowest BCUT2D eigenvalue weighted by Crippen LogP contribution is -2.28. The van der Waals surface area contributed by atoms with Gasteiger partial charge in [0, 0.05) is 18.6 Å². The van der Waals surface area contributed by atoms with Crippen molar-refractivity contribution in [3.05, 3.63) is 29.8 Å². The van der Waals surface area contributed by atoms with E-state index in [4.69, 9.17) is 9.84 Å². The van der Waals surface area contributed by atoms with Crippen LogP contribution in [0.5, 0.6) is 0 Å². The van der Waals surface area contributed by atoms with Crippen molar-refractivity contribution in [2.24, 2.45) is 0 Å². The molecule has 0 aliphatic rings. The number of ether oxygens (including phenoxy) is 1. The van der Waals surface area contributed by atoms with Gasteiger partial charge in [0.1, 0.15) is 0 Å². The van der Waals surface area contributed by atoms with E-state index in [1.54, 1.807) is 25.3 Å². The Morgan fingerprint density at radius 2 is 2.22 bits per heavy atom. The summed E-state index contributed by atoms with van der Waals surface area (Å²) in [6.07, 6.45) is 0. The molecule has 1 amide bonds. The highest BCUT2D eigenvalue weighted by molar-refractivity contribution is 8.00. The Morgan fingerprint density at radius 3 is 2.89 bits per heavy atom. The van der Waals surface area contributed by atoms with Crippen molar-refractivity contribution >= 4 is 23.6 Å². The van der Waals surface area contributed by atoms with E-state index in [1.165, 1.54) is 17.8 Å². The number of carbonyl (C=O) groups is 2. The van der Waals surface area contributed by atoms with E-state index in [1.807, 2.05) is 0 Å². The van der Waals surface area contributed by atoms with Crippen molar-refractivity contribution in [2.45, 2.75) is 4.90 Å². The fraction of sp³-hybridized carbons (Fsp3) is 0.333. The van der Waals surface area contributed by atoms with Crippen molar-refractivity contribution < 1.29 is 19.4 Å². The second-order valence-corrected chi connectivity index (χ2v) is 4.51. The first kappa shape index (κ1) is 14.5. The highest BCUT2D eigenvalue weighted by Gasteiger charge is 2.05. The second kappa shape index (κ2) is 7.73. The lowest BCUT2D eigenvalue weighted by atomic mass is 10.2. The average Bonchev–Trinajstić information content (AvgIpc) is 2.37. The van der Waals surface area contributed by atoms with Crippen molar-refractivity contribution in [3.63, 3.8) is 0 Å². The number of carboxylic acids is 1. The first-order valence-electron chi connectivity index (χ1n) is 5.35. The summed E-state index contributed by atoms with van der Waals surface area (Å²) in [6, 6.07) is 6.51. The van der Waals surface area contributed by atoms with E-state index in [-0.39, 0.29) is 17.2 Å². The number of benzene rings is 1. The topological polar surface area (TPSA) is 75.6 Å². The van der Waals surface area contributed by atoms with Gasteiger partial charge in [-0.1, -0.05) is 6.07 Å². The summed E-state index contributed by atoms with van der Waals surface area (Å²) in [5.74, 6) is -0.813. The Kier molecular flexibility index (Phi) is 6.24. The molecule has 98 valence electrons. The van der Waals surface area contributed by atoms with Gasteiger partial charge in [0.15, 0.2) is 0 Å². The first-order chi connectivity index (χ1) is 8.63. The Hall–Kier alpha value is -1.53. The van der Waals surface area contributed by atoms with Gasteiger partial charge in [-0.2, -0.15) is 0 Å². The first-order valence-corrected chi connectivity index (χ1v) is 6.34. The Morgan fingerprint density at radius 1 is 1.44 bits per heavy atom. The minimum Gasteiger partial charge on any atom is -0.478 e. The quantitative estimate of drug-likeness (QED) is 0.575. The SMILES string of the molecule is COCCNC(=O)CSc1cccc(C(=O)O)c1. The molecule has 0 heterocycles. The molecule has 1 aromatic rings. The lowest BCUT2D eigenvalue weighted by molar-refractivity contribution is -0.118. The highest BCUT2D eigenvalue weighted by Crippen LogP contribution is 2.18. The highest BCUT2D eigenvalue weighted by atomic mass is 32.2. The molecule has 0 unspecified atom stereocenters. The summed E-state index contributed by atoms with van der Waals surface area (Å²) < 4.78 is 4.81. The van der Waals surface area contributed by atoms with E-state index in [0.29, 0.717) is 13.2 Å². The largest absolute Gasteiger partial charge is 0.478 e. The Labute approximate surface area is 110 Å². The molecule has 5 nitrogen and oxygen atoms in total. The molecule has 0 fully saturated rings. The molecule has 0 radical (unpaired) electrons. The summed E-state index contributed by atoms with van der Waals surface area (Å²) in [5.41, 5.74) is 0.222. The van der Waals surface area contributed by atoms with Crippen molar-refractivity contribution in [1.82, 2.24) is 5.32 Å². The molecule has 0 atom stereocenters. The molecule has 1 aromatic carbocycles. The summed E-state index contributed by atoms with van der Waals surface area (Å²) in [4.78, 5) is 22.9. The number of amides is 1. The van der Waals surface area contributed by atoms with Crippen LogP contribution in [0.3, 0.4) is 0 Å². The molecule has 0 aliphatic carbocycles. The standard InChI is InChI=1S/C12H15NO4S/c1-17-6-5-13-11(14)8-18-10-4-2-3-9(7-10)12(15)16/h2-4,7H,5-6,8H2,1H3,(H,13,14)(H,15,16). The monoisotopic (exact) mass is 269 g/mol. The number of hydrogen-bond acceptors (Lipinski definition) is 4. The van der Waals surface area contributed by atoms with Crippen LogP contribution >= 0.6 is 11.8 Å². The zero-order valence-electron chi connectivity index (χ0n) is 10.0. The van der Waals surface area contributed by atoms with Crippen LogP contribution in [0.25, 0.3) is 0 Å². The number of nitrogens with one attached hydrogen (secondary N) is 1. The third-order valence-electron chi connectivity index (χ3n) is 2.08. The van der Waals surface area contributed by atoms with Crippen LogP contribution in [-0.4, -0.2) is 43.0 Å². The predicted molar refractivity (Wildman–Crippen MR) is 69.0 cm³/mol. The van der Waals surface area contributed by atoms with Crippen LogP contribution in [-0.2, 0) is 9.53 Å². The summed E-state index contributed by atoms with van der Waals surface area (Å²) >= 11 is 1.30. The van der Waals surface area contributed by atoms with Crippen LogP contribution in [0.2, 0.25) is 0 Å². The van der Waals surface area contributed by atoms with E-state index >= 15 is 0 Å². The van der Waals surface area contributed by atoms with Gasteiger partial charge in [-0.05, 0) is 18.2 Å². The molecule has 1 rings (SSSR count). The van der Waals surface area contributed by atoms with Gasteiger partial charge in [0.25, 0.3) is 0 Å². The van der Waals surface area contributed by atoms with Crippen LogP contribution in [0.1, 0.15) is 10.4 Å². The van der Waals surface area contributed by atoms with Crippen LogP contribution in [0.15, 0.2) is 29.2 Å². The maximum Gasteiger partial charge on any atom is 0.335 e. The number of thioether (sulfide) groups is 1. The van der Waals surface area contributed by atoms with Crippen LogP contribution in [0, 0.1) is 0 Å². The van der Waals surface area contributed by atoms with Gasteiger partial charge in [-0.3, -0.25) is 4.79 Å². The normalized spacial score (nSPS) is 10.1. The van der Waals surface area contributed by atoms with E-state index < -0.39 is 5.97 Å². The predicted octanol–water partition coefficient (Wildman–Crippen LogP) is 1.24. The Balaban J connectivity index is 2.41. The molecule has 0 saturated heterocycles.